The second-order valence-corrected chi connectivity index (χ2v) is 10.7. The van der Waals surface area contributed by atoms with Crippen molar-refractivity contribution in [2.45, 2.75) is 6.54 Å². The number of ether oxygens (including phenoxy) is 1. The highest BCUT2D eigenvalue weighted by Crippen LogP contribution is 2.51. The van der Waals surface area contributed by atoms with Crippen LogP contribution in [0.25, 0.3) is 22.0 Å². The van der Waals surface area contributed by atoms with Crippen molar-refractivity contribution >= 4 is 22.4 Å². The average Bonchev–Trinajstić information content (AvgIpc) is 3.47. The van der Waals surface area contributed by atoms with Crippen LogP contribution in [0.4, 0.5) is 15.9 Å². The molecule has 200 valence electrons. The number of para-hydroxylation sites is 1. The van der Waals surface area contributed by atoms with Gasteiger partial charge in [-0.1, -0.05) is 48.5 Å². The monoisotopic (exact) mass is 532 g/mol. The number of fused-ring (bicyclic) bond motifs is 2. The summed E-state index contributed by atoms with van der Waals surface area (Å²) in [6.45, 7) is 3.45. The molecule has 0 spiro atoms. The average molecular weight is 533 g/mol. The fraction of sp³-hybridized carbons (Fsp3) is 0.212. The summed E-state index contributed by atoms with van der Waals surface area (Å²) in [4.78, 5) is 11.4. The lowest BCUT2D eigenvalue weighted by molar-refractivity contribution is 0.217. The molecule has 1 aromatic heterocycles. The minimum atomic E-state index is -0.466. The molecule has 1 saturated carbocycles. The SMILES string of the molecule is OCC1C2CN(Cc3ccc(-c4ccc5ncnc(Nc6ccc(Oc7ccccc7)c(F)c6)c5c4)cc3)CC12. The van der Waals surface area contributed by atoms with Crippen molar-refractivity contribution in [1.82, 2.24) is 14.9 Å². The third-order valence-corrected chi connectivity index (χ3v) is 8.15. The minimum absolute atomic E-state index is 0.158. The van der Waals surface area contributed by atoms with Gasteiger partial charge in [-0.25, -0.2) is 14.4 Å². The predicted molar refractivity (Wildman–Crippen MR) is 154 cm³/mol. The second kappa shape index (κ2) is 10.3. The summed E-state index contributed by atoms with van der Waals surface area (Å²) < 4.78 is 20.5. The van der Waals surface area contributed by atoms with Crippen molar-refractivity contribution in [3.63, 3.8) is 0 Å². The standard InChI is InChI=1S/C33H29FN4O2/c34-30-15-24(11-13-32(30)40-25-4-2-1-3-5-25)37-33-26-14-23(10-12-31(26)35-20-36-33)22-8-6-21(7-9-22)16-38-17-27-28(18-38)29(27)19-39/h1-15,20,27-29,39H,16-19H2,(H,35,36,37). The van der Waals surface area contributed by atoms with E-state index >= 15 is 0 Å². The summed E-state index contributed by atoms with van der Waals surface area (Å²) in [7, 11) is 0. The maximum absolute atomic E-state index is 14.8. The van der Waals surface area contributed by atoms with Crippen molar-refractivity contribution in [2.75, 3.05) is 25.0 Å². The van der Waals surface area contributed by atoms with Crippen molar-refractivity contribution in [3.8, 4) is 22.6 Å². The van der Waals surface area contributed by atoms with Gasteiger partial charge < -0.3 is 15.2 Å². The van der Waals surface area contributed by atoms with Crippen LogP contribution < -0.4 is 10.1 Å². The number of hydrogen-bond acceptors (Lipinski definition) is 6. The van der Waals surface area contributed by atoms with E-state index in [1.165, 1.54) is 18.0 Å². The number of halogens is 1. The summed E-state index contributed by atoms with van der Waals surface area (Å²) in [5, 5.41) is 13.5. The van der Waals surface area contributed by atoms with E-state index in [1.807, 2.05) is 24.3 Å². The van der Waals surface area contributed by atoms with Gasteiger partial charge in [0.25, 0.3) is 0 Å². The number of rotatable bonds is 8. The first-order valence-corrected chi connectivity index (χ1v) is 13.6. The van der Waals surface area contributed by atoms with Crippen molar-refractivity contribution in [1.29, 1.82) is 0 Å². The number of aliphatic hydroxyl groups is 1. The van der Waals surface area contributed by atoms with E-state index in [-0.39, 0.29) is 5.75 Å². The second-order valence-electron chi connectivity index (χ2n) is 10.7. The Balaban J connectivity index is 1.08. The lowest BCUT2D eigenvalue weighted by Crippen LogP contribution is -2.24. The molecule has 1 aliphatic carbocycles. The molecule has 7 rings (SSSR count). The molecule has 2 N–H and O–H groups in total. The number of nitrogens with zero attached hydrogens (tertiary/aromatic N) is 3. The first-order chi connectivity index (χ1) is 19.6. The van der Waals surface area contributed by atoms with E-state index in [4.69, 9.17) is 4.74 Å². The Morgan fingerprint density at radius 2 is 1.65 bits per heavy atom. The maximum Gasteiger partial charge on any atom is 0.167 e. The molecule has 1 aliphatic heterocycles. The van der Waals surface area contributed by atoms with Gasteiger partial charge >= 0.3 is 0 Å². The fourth-order valence-electron chi connectivity index (χ4n) is 5.95. The van der Waals surface area contributed by atoms with E-state index in [1.54, 1.807) is 24.3 Å². The van der Waals surface area contributed by atoms with Crippen LogP contribution in [0.15, 0.2) is 97.3 Å². The summed E-state index contributed by atoms with van der Waals surface area (Å²) in [5.74, 6) is 2.77. The molecule has 2 fully saturated rings. The maximum atomic E-state index is 14.8. The molecular formula is C33H29FN4O2. The Kier molecular flexibility index (Phi) is 6.38. The molecule has 5 aromatic rings. The number of piperidine rings is 1. The summed E-state index contributed by atoms with van der Waals surface area (Å²) in [5.41, 5.74) is 4.83. The first kappa shape index (κ1) is 24.7. The Morgan fingerprint density at radius 3 is 2.40 bits per heavy atom. The van der Waals surface area contributed by atoms with Crippen molar-refractivity contribution < 1.29 is 14.2 Å². The largest absolute Gasteiger partial charge is 0.454 e. The third kappa shape index (κ3) is 4.90. The third-order valence-electron chi connectivity index (χ3n) is 8.15. The molecular weight excluding hydrogens is 503 g/mol. The number of nitrogens with one attached hydrogen (secondary N) is 1. The van der Waals surface area contributed by atoms with Crippen LogP contribution in [0, 0.1) is 23.6 Å². The molecule has 0 radical (unpaired) electrons. The number of aliphatic hydroxyl groups excluding tert-OH is 1. The van der Waals surface area contributed by atoms with Gasteiger partial charge in [-0.2, -0.15) is 0 Å². The van der Waals surface area contributed by atoms with Crippen molar-refractivity contribution in [3.05, 3.63) is 109 Å². The number of anilines is 2. The van der Waals surface area contributed by atoms with E-state index in [0.717, 1.165) is 41.7 Å². The molecule has 7 heteroatoms. The zero-order valence-corrected chi connectivity index (χ0v) is 21.9. The zero-order chi connectivity index (χ0) is 27.1. The minimum Gasteiger partial charge on any atom is -0.454 e. The van der Waals surface area contributed by atoms with Crippen LogP contribution in [-0.2, 0) is 6.54 Å². The zero-order valence-electron chi connectivity index (χ0n) is 21.9. The summed E-state index contributed by atoms with van der Waals surface area (Å²) >= 11 is 0. The van der Waals surface area contributed by atoms with Crippen LogP contribution in [0.1, 0.15) is 5.56 Å². The molecule has 2 atom stereocenters. The molecule has 2 heterocycles. The van der Waals surface area contributed by atoms with Crippen LogP contribution in [-0.4, -0.2) is 39.7 Å². The van der Waals surface area contributed by atoms with E-state index < -0.39 is 5.82 Å². The topological polar surface area (TPSA) is 70.5 Å². The van der Waals surface area contributed by atoms with E-state index in [9.17, 15) is 9.50 Å². The van der Waals surface area contributed by atoms with Crippen LogP contribution in [0.2, 0.25) is 0 Å². The van der Waals surface area contributed by atoms with Crippen LogP contribution in [0.3, 0.4) is 0 Å². The predicted octanol–water partition coefficient (Wildman–Crippen LogP) is 6.64. The molecule has 2 aliphatic rings. The number of benzene rings is 4. The molecule has 0 bridgehead atoms. The Bertz CT molecular complexity index is 1650. The number of likely N-dealkylation sites (tertiary alicyclic amines) is 1. The number of aromatic nitrogens is 2. The quantitative estimate of drug-likeness (QED) is 0.233. The van der Waals surface area contributed by atoms with E-state index in [0.29, 0.717) is 41.6 Å². The van der Waals surface area contributed by atoms with Gasteiger partial charge in [-0.05, 0) is 70.8 Å². The first-order valence-electron chi connectivity index (χ1n) is 13.6. The van der Waals surface area contributed by atoms with Crippen LogP contribution >= 0.6 is 0 Å². The smallest absolute Gasteiger partial charge is 0.167 e. The van der Waals surface area contributed by atoms with Crippen molar-refractivity contribution in [2.24, 2.45) is 17.8 Å². The van der Waals surface area contributed by atoms with Gasteiger partial charge in [0.1, 0.15) is 17.9 Å². The molecule has 6 nitrogen and oxygen atoms in total. The highest BCUT2D eigenvalue weighted by Gasteiger charge is 2.54. The lowest BCUT2D eigenvalue weighted by Gasteiger charge is -2.19. The highest BCUT2D eigenvalue weighted by molar-refractivity contribution is 5.93. The molecule has 40 heavy (non-hydrogen) atoms. The van der Waals surface area contributed by atoms with Gasteiger partial charge in [0, 0.05) is 43.4 Å². The molecule has 4 aromatic carbocycles. The molecule has 0 amide bonds. The molecule has 1 saturated heterocycles. The van der Waals surface area contributed by atoms with Crippen LogP contribution in [0.5, 0.6) is 11.5 Å². The van der Waals surface area contributed by atoms with E-state index in [2.05, 4.69) is 56.6 Å². The summed E-state index contributed by atoms with van der Waals surface area (Å²) in [6.07, 6.45) is 1.51. The Hall–Kier alpha value is -4.33. The van der Waals surface area contributed by atoms with Gasteiger partial charge in [-0.3, -0.25) is 4.90 Å². The normalized spacial score (nSPS) is 19.9. The van der Waals surface area contributed by atoms with Gasteiger partial charge in [0.15, 0.2) is 11.6 Å². The van der Waals surface area contributed by atoms with Gasteiger partial charge in [0.05, 0.1) is 5.52 Å². The summed E-state index contributed by atoms with van der Waals surface area (Å²) in [6, 6.07) is 28.7. The Morgan fingerprint density at radius 1 is 0.875 bits per heavy atom. The molecule has 2 unspecified atom stereocenters. The van der Waals surface area contributed by atoms with Gasteiger partial charge in [-0.15, -0.1) is 0 Å². The van der Waals surface area contributed by atoms with Gasteiger partial charge in [0.2, 0.25) is 0 Å². The highest BCUT2D eigenvalue weighted by atomic mass is 19.1. The lowest BCUT2D eigenvalue weighted by atomic mass is 10.0. The fourth-order valence-corrected chi connectivity index (χ4v) is 5.95. The Labute approximate surface area is 232 Å². The number of hydrogen-bond donors (Lipinski definition) is 2.